The summed E-state index contributed by atoms with van der Waals surface area (Å²) >= 11 is 0. The van der Waals surface area contributed by atoms with E-state index in [1.54, 1.807) is 7.11 Å². The van der Waals surface area contributed by atoms with E-state index >= 15 is 0 Å². The average molecular weight is 231 g/mol. The standard InChI is InChI=1S/C13H17N3O/c1-10-5-6-15-16(10)9-11-3-4-13(17-2)12(7-11)8-14/h3-7H,8-9,14H2,1-2H3. The second-order valence-corrected chi connectivity index (χ2v) is 3.98. The number of rotatable bonds is 4. The predicted molar refractivity (Wildman–Crippen MR) is 67.0 cm³/mol. The van der Waals surface area contributed by atoms with Crippen LogP contribution in [-0.4, -0.2) is 16.9 Å². The number of methoxy groups -OCH3 is 1. The maximum atomic E-state index is 5.70. The molecule has 0 saturated carbocycles. The quantitative estimate of drug-likeness (QED) is 0.871. The molecule has 0 atom stereocenters. The van der Waals surface area contributed by atoms with Gasteiger partial charge >= 0.3 is 0 Å². The molecular weight excluding hydrogens is 214 g/mol. The van der Waals surface area contributed by atoms with E-state index in [4.69, 9.17) is 10.5 Å². The first-order chi connectivity index (χ1) is 8.24. The number of hydrogen-bond acceptors (Lipinski definition) is 3. The summed E-state index contributed by atoms with van der Waals surface area (Å²) < 4.78 is 7.21. The van der Waals surface area contributed by atoms with E-state index in [0.717, 1.165) is 23.6 Å². The minimum atomic E-state index is 0.481. The van der Waals surface area contributed by atoms with Crippen LogP contribution < -0.4 is 10.5 Å². The highest BCUT2D eigenvalue weighted by Crippen LogP contribution is 2.19. The van der Waals surface area contributed by atoms with Crippen LogP contribution in [0.2, 0.25) is 0 Å². The second kappa shape index (κ2) is 5.01. The fraction of sp³-hybridized carbons (Fsp3) is 0.308. The SMILES string of the molecule is COc1ccc(Cn2nccc2C)cc1CN. The van der Waals surface area contributed by atoms with Gasteiger partial charge < -0.3 is 10.5 Å². The van der Waals surface area contributed by atoms with Gasteiger partial charge in [0.1, 0.15) is 5.75 Å². The third-order valence-electron chi connectivity index (χ3n) is 2.83. The topological polar surface area (TPSA) is 53.1 Å². The van der Waals surface area contributed by atoms with Crippen molar-refractivity contribution in [2.45, 2.75) is 20.0 Å². The molecule has 0 aliphatic carbocycles. The number of ether oxygens (including phenoxy) is 1. The molecule has 0 unspecified atom stereocenters. The Kier molecular flexibility index (Phi) is 3.44. The van der Waals surface area contributed by atoms with Crippen LogP contribution >= 0.6 is 0 Å². The van der Waals surface area contributed by atoms with Gasteiger partial charge in [-0.1, -0.05) is 6.07 Å². The fourth-order valence-corrected chi connectivity index (χ4v) is 1.83. The lowest BCUT2D eigenvalue weighted by Crippen LogP contribution is -2.06. The summed E-state index contributed by atoms with van der Waals surface area (Å²) in [5.41, 5.74) is 9.05. The maximum absolute atomic E-state index is 5.70. The van der Waals surface area contributed by atoms with Crippen molar-refractivity contribution in [3.63, 3.8) is 0 Å². The van der Waals surface area contributed by atoms with Gasteiger partial charge in [0.2, 0.25) is 0 Å². The van der Waals surface area contributed by atoms with E-state index in [1.165, 1.54) is 5.56 Å². The smallest absolute Gasteiger partial charge is 0.123 e. The number of nitrogens with two attached hydrogens (primary N) is 1. The third kappa shape index (κ3) is 2.47. The summed E-state index contributed by atoms with van der Waals surface area (Å²) in [4.78, 5) is 0. The van der Waals surface area contributed by atoms with Crippen molar-refractivity contribution in [1.29, 1.82) is 0 Å². The van der Waals surface area contributed by atoms with Crippen molar-refractivity contribution in [3.8, 4) is 5.75 Å². The Hall–Kier alpha value is -1.81. The molecule has 2 aromatic rings. The van der Waals surface area contributed by atoms with Crippen LogP contribution in [0.4, 0.5) is 0 Å². The van der Waals surface area contributed by atoms with Crippen LogP contribution in [0.25, 0.3) is 0 Å². The van der Waals surface area contributed by atoms with Gasteiger partial charge in [0.25, 0.3) is 0 Å². The van der Waals surface area contributed by atoms with Crippen LogP contribution in [0.15, 0.2) is 30.5 Å². The zero-order valence-electron chi connectivity index (χ0n) is 10.2. The van der Waals surface area contributed by atoms with Crippen LogP contribution in [0.5, 0.6) is 5.75 Å². The molecule has 0 fully saturated rings. The van der Waals surface area contributed by atoms with E-state index in [2.05, 4.69) is 11.2 Å². The number of benzene rings is 1. The van der Waals surface area contributed by atoms with Gasteiger partial charge in [-0.15, -0.1) is 0 Å². The monoisotopic (exact) mass is 231 g/mol. The van der Waals surface area contributed by atoms with E-state index in [9.17, 15) is 0 Å². The molecule has 2 rings (SSSR count). The van der Waals surface area contributed by atoms with Crippen LogP contribution in [-0.2, 0) is 13.1 Å². The Labute approximate surface area is 101 Å². The van der Waals surface area contributed by atoms with E-state index in [0.29, 0.717) is 6.54 Å². The molecule has 17 heavy (non-hydrogen) atoms. The molecule has 0 saturated heterocycles. The molecule has 2 N–H and O–H groups in total. The Bertz CT molecular complexity index is 505. The summed E-state index contributed by atoms with van der Waals surface area (Å²) in [6.45, 7) is 3.28. The normalized spacial score (nSPS) is 10.5. The van der Waals surface area contributed by atoms with E-state index in [1.807, 2.05) is 36.0 Å². The lowest BCUT2D eigenvalue weighted by molar-refractivity contribution is 0.409. The summed E-state index contributed by atoms with van der Waals surface area (Å²) in [6, 6.07) is 8.06. The average Bonchev–Trinajstić information content (AvgIpc) is 2.75. The number of aromatic nitrogens is 2. The largest absolute Gasteiger partial charge is 0.496 e. The van der Waals surface area contributed by atoms with Gasteiger partial charge in [-0.05, 0) is 30.7 Å². The molecular formula is C13H17N3O. The molecule has 0 aliphatic heterocycles. The van der Waals surface area contributed by atoms with Gasteiger partial charge in [0.15, 0.2) is 0 Å². The zero-order chi connectivity index (χ0) is 12.3. The second-order valence-electron chi connectivity index (χ2n) is 3.98. The molecule has 4 heteroatoms. The first-order valence-electron chi connectivity index (χ1n) is 5.59. The predicted octanol–water partition coefficient (Wildman–Crippen LogP) is 1.71. The summed E-state index contributed by atoms with van der Waals surface area (Å²) in [6.07, 6.45) is 1.81. The molecule has 0 radical (unpaired) electrons. The lowest BCUT2D eigenvalue weighted by atomic mass is 10.1. The van der Waals surface area contributed by atoms with Crippen molar-refractivity contribution in [3.05, 3.63) is 47.3 Å². The lowest BCUT2D eigenvalue weighted by Gasteiger charge is -2.10. The number of nitrogens with zero attached hydrogens (tertiary/aromatic N) is 2. The van der Waals surface area contributed by atoms with Gasteiger partial charge in [0, 0.05) is 24.0 Å². The van der Waals surface area contributed by atoms with Crippen LogP contribution in [0, 0.1) is 6.92 Å². The van der Waals surface area contributed by atoms with E-state index < -0.39 is 0 Å². The molecule has 0 spiro atoms. The first kappa shape index (κ1) is 11.7. The molecule has 1 heterocycles. The number of aryl methyl sites for hydroxylation is 1. The molecule has 90 valence electrons. The zero-order valence-corrected chi connectivity index (χ0v) is 10.2. The highest BCUT2D eigenvalue weighted by molar-refractivity contribution is 5.37. The fourth-order valence-electron chi connectivity index (χ4n) is 1.83. The molecule has 0 bridgehead atoms. The van der Waals surface area contributed by atoms with Gasteiger partial charge in [-0.2, -0.15) is 5.10 Å². The maximum Gasteiger partial charge on any atom is 0.123 e. The molecule has 1 aromatic heterocycles. The third-order valence-corrected chi connectivity index (χ3v) is 2.83. The Balaban J connectivity index is 2.25. The van der Waals surface area contributed by atoms with E-state index in [-0.39, 0.29) is 0 Å². The molecule has 0 amide bonds. The van der Waals surface area contributed by atoms with Crippen molar-refractivity contribution in [2.24, 2.45) is 5.73 Å². The Morgan fingerprint density at radius 3 is 2.76 bits per heavy atom. The highest BCUT2D eigenvalue weighted by atomic mass is 16.5. The molecule has 0 aliphatic rings. The van der Waals surface area contributed by atoms with Gasteiger partial charge in [-0.3, -0.25) is 4.68 Å². The van der Waals surface area contributed by atoms with Gasteiger partial charge in [0.05, 0.1) is 13.7 Å². The van der Waals surface area contributed by atoms with Crippen molar-refractivity contribution >= 4 is 0 Å². The minimum absolute atomic E-state index is 0.481. The van der Waals surface area contributed by atoms with Crippen LogP contribution in [0.1, 0.15) is 16.8 Å². The van der Waals surface area contributed by atoms with Gasteiger partial charge in [-0.25, -0.2) is 0 Å². The minimum Gasteiger partial charge on any atom is -0.496 e. The summed E-state index contributed by atoms with van der Waals surface area (Å²) in [5, 5.41) is 4.26. The van der Waals surface area contributed by atoms with Crippen molar-refractivity contribution < 1.29 is 4.74 Å². The van der Waals surface area contributed by atoms with Crippen molar-refractivity contribution in [1.82, 2.24) is 9.78 Å². The van der Waals surface area contributed by atoms with Crippen LogP contribution in [0.3, 0.4) is 0 Å². The molecule has 1 aromatic carbocycles. The number of hydrogen-bond donors (Lipinski definition) is 1. The molecule has 4 nitrogen and oxygen atoms in total. The summed E-state index contributed by atoms with van der Waals surface area (Å²) in [5.74, 6) is 0.841. The van der Waals surface area contributed by atoms with Crippen molar-refractivity contribution in [2.75, 3.05) is 7.11 Å². The first-order valence-corrected chi connectivity index (χ1v) is 5.59. The Morgan fingerprint density at radius 1 is 1.35 bits per heavy atom. The highest BCUT2D eigenvalue weighted by Gasteiger charge is 2.04. The summed E-state index contributed by atoms with van der Waals surface area (Å²) in [7, 11) is 1.66. The Morgan fingerprint density at radius 2 is 2.18 bits per heavy atom.